The van der Waals surface area contributed by atoms with Gasteiger partial charge in [0, 0.05) is 13.1 Å². The Bertz CT molecular complexity index is 366. The Labute approximate surface area is 111 Å². The number of nitrogens with two attached hydrogens (primary N) is 1. The zero-order chi connectivity index (χ0) is 13.5. The van der Waals surface area contributed by atoms with Gasteiger partial charge in [0.25, 0.3) is 0 Å². The topological polar surface area (TPSA) is 38.5 Å². The second kappa shape index (κ2) is 7.27. The first-order chi connectivity index (χ1) is 8.60. The van der Waals surface area contributed by atoms with Crippen LogP contribution in [0.2, 0.25) is 0 Å². The fourth-order valence-corrected chi connectivity index (χ4v) is 2.02. The second-order valence-electron chi connectivity index (χ2n) is 4.92. The molecule has 18 heavy (non-hydrogen) atoms. The molecule has 0 saturated carbocycles. The van der Waals surface area contributed by atoms with Gasteiger partial charge in [-0.15, -0.1) is 0 Å². The molecule has 3 nitrogen and oxygen atoms in total. The lowest BCUT2D eigenvalue weighted by Gasteiger charge is -2.24. The van der Waals surface area contributed by atoms with E-state index in [1.807, 2.05) is 12.1 Å². The first-order valence-electron chi connectivity index (χ1n) is 6.75. The van der Waals surface area contributed by atoms with E-state index in [1.54, 1.807) is 7.11 Å². The van der Waals surface area contributed by atoms with Crippen molar-refractivity contribution in [3.8, 4) is 5.75 Å². The van der Waals surface area contributed by atoms with E-state index < -0.39 is 0 Å². The van der Waals surface area contributed by atoms with Crippen LogP contribution in [0.15, 0.2) is 18.2 Å². The highest BCUT2D eigenvalue weighted by atomic mass is 16.5. The molecule has 0 aliphatic heterocycles. The van der Waals surface area contributed by atoms with Crippen molar-refractivity contribution < 1.29 is 4.74 Å². The van der Waals surface area contributed by atoms with Gasteiger partial charge in [-0.1, -0.05) is 33.3 Å². The molecule has 0 spiro atoms. The molecule has 0 saturated heterocycles. The van der Waals surface area contributed by atoms with E-state index >= 15 is 0 Å². The summed E-state index contributed by atoms with van der Waals surface area (Å²) in [6, 6.07) is 6.05. The maximum absolute atomic E-state index is 5.93. The first kappa shape index (κ1) is 14.8. The van der Waals surface area contributed by atoms with Gasteiger partial charge in [0.15, 0.2) is 0 Å². The van der Waals surface area contributed by atoms with Crippen molar-refractivity contribution in [3.63, 3.8) is 0 Å². The number of methoxy groups -OCH3 is 1. The van der Waals surface area contributed by atoms with E-state index in [2.05, 4.69) is 31.7 Å². The van der Waals surface area contributed by atoms with Crippen LogP contribution in [0.25, 0.3) is 0 Å². The highest BCUT2D eigenvalue weighted by Crippen LogP contribution is 2.22. The van der Waals surface area contributed by atoms with Crippen molar-refractivity contribution in [2.45, 2.75) is 33.7 Å². The number of hydrogen-bond donors (Lipinski definition) is 1. The lowest BCUT2D eigenvalue weighted by molar-refractivity contribution is 0.238. The molecule has 0 aliphatic carbocycles. The number of benzene rings is 1. The number of anilines is 1. The van der Waals surface area contributed by atoms with Crippen LogP contribution in [-0.4, -0.2) is 25.1 Å². The van der Waals surface area contributed by atoms with Gasteiger partial charge < -0.3 is 10.5 Å². The summed E-state index contributed by atoms with van der Waals surface area (Å²) in [6.07, 6.45) is 1.22. The summed E-state index contributed by atoms with van der Waals surface area (Å²) in [4.78, 5) is 2.45. The van der Waals surface area contributed by atoms with Gasteiger partial charge in [-0.2, -0.15) is 0 Å². The standard InChI is InChI=1S/C15H26N2O/c1-5-12(3)10-17(6-2)11-13-7-8-15(18-4)14(16)9-13/h7-9,12H,5-6,10-11,16H2,1-4H3. The summed E-state index contributed by atoms with van der Waals surface area (Å²) in [7, 11) is 1.65. The van der Waals surface area contributed by atoms with E-state index in [0.717, 1.165) is 37.0 Å². The molecule has 1 unspecified atom stereocenters. The zero-order valence-corrected chi connectivity index (χ0v) is 12.1. The Kier molecular flexibility index (Phi) is 5.99. The molecule has 1 rings (SSSR count). The van der Waals surface area contributed by atoms with Crippen molar-refractivity contribution >= 4 is 5.69 Å². The lowest BCUT2D eigenvalue weighted by atomic mass is 10.1. The van der Waals surface area contributed by atoms with Crippen LogP contribution in [0.4, 0.5) is 5.69 Å². The summed E-state index contributed by atoms with van der Waals surface area (Å²) in [5.74, 6) is 1.49. The van der Waals surface area contributed by atoms with Gasteiger partial charge >= 0.3 is 0 Å². The van der Waals surface area contributed by atoms with Gasteiger partial charge in [0.1, 0.15) is 5.75 Å². The summed E-state index contributed by atoms with van der Waals surface area (Å²) < 4.78 is 5.17. The van der Waals surface area contributed by atoms with Crippen LogP contribution >= 0.6 is 0 Å². The molecule has 0 aromatic heterocycles. The van der Waals surface area contributed by atoms with E-state index in [-0.39, 0.29) is 0 Å². The van der Waals surface area contributed by atoms with E-state index in [4.69, 9.17) is 10.5 Å². The maximum atomic E-state index is 5.93. The Morgan fingerprint density at radius 2 is 2.06 bits per heavy atom. The predicted molar refractivity (Wildman–Crippen MR) is 77.8 cm³/mol. The third-order valence-corrected chi connectivity index (χ3v) is 3.41. The smallest absolute Gasteiger partial charge is 0.141 e. The molecule has 102 valence electrons. The van der Waals surface area contributed by atoms with Crippen molar-refractivity contribution in [1.29, 1.82) is 0 Å². The minimum absolute atomic E-state index is 0.717. The quantitative estimate of drug-likeness (QED) is 0.756. The van der Waals surface area contributed by atoms with Crippen molar-refractivity contribution in [3.05, 3.63) is 23.8 Å². The number of rotatable bonds is 7. The number of ether oxygens (including phenoxy) is 1. The molecule has 0 radical (unpaired) electrons. The molecule has 1 aromatic rings. The average molecular weight is 250 g/mol. The summed E-state index contributed by atoms with van der Waals surface area (Å²) in [6.45, 7) is 9.90. The molecule has 1 atom stereocenters. The monoisotopic (exact) mass is 250 g/mol. The van der Waals surface area contributed by atoms with Gasteiger partial charge in [0.05, 0.1) is 12.8 Å². The molecule has 2 N–H and O–H groups in total. The van der Waals surface area contributed by atoms with Gasteiger partial charge in [-0.25, -0.2) is 0 Å². The molecular formula is C15H26N2O. The second-order valence-corrected chi connectivity index (χ2v) is 4.92. The number of nitrogens with zero attached hydrogens (tertiary/aromatic N) is 1. The highest BCUT2D eigenvalue weighted by Gasteiger charge is 2.09. The molecule has 0 bridgehead atoms. The SMILES string of the molecule is CCC(C)CN(CC)Cc1ccc(OC)c(N)c1. The average Bonchev–Trinajstić information content (AvgIpc) is 2.38. The molecule has 0 heterocycles. The van der Waals surface area contributed by atoms with E-state index in [1.165, 1.54) is 12.0 Å². The zero-order valence-electron chi connectivity index (χ0n) is 12.1. The normalized spacial score (nSPS) is 12.7. The molecule has 3 heteroatoms. The lowest BCUT2D eigenvalue weighted by Crippen LogP contribution is -2.27. The number of nitrogen functional groups attached to an aromatic ring is 1. The fraction of sp³-hybridized carbons (Fsp3) is 0.600. The van der Waals surface area contributed by atoms with Gasteiger partial charge in [0.2, 0.25) is 0 Å². The van der Waals surface area contributed by atoms with Crippen LogP contribution < -0.4 is 10.5 Å². The van der Waals surface area contributed by atoms with Gasteiger partial charge in [-0.05, 0) is 30.2 Å². The largest absolute Gasteiger partial charge is 0.495 e. The van der Waals surface area contributed by atoms with Crippen LogP contribution in [0.5, 0.6) is 5.75 Å². The summed E-state index contributed by atoms with van der Waals surface area (Å²) >= 11 is 0. The molecule has 1 aromatic carbocycles. The Morgan fingerprint density at radius 3 is 2.56 bits per heavy atom. The van der Waals surface area contributed by atoms with Gasteiger partial charge in [-0.3, -0.25) is 4.90 Å². The third-order valence-electron chi connectivity index (χ3n) is 3.41. The molecule has 0 amide bonds. The minimum atomic E-state index is 0.717. The third kappa shape index (κ3) is 4.22. The Hall–Kier alpha value is -1.22. The summed E-state index contributed by atoms with van der Waals surface area (Å²) in [5, 5.41) is 0. The van der Waals surface area contributed by atoms with E-state index in [0.29, 0.717) is 0 Å². The number of hydrogen-bond acceptors (Lipinski definition) is 3. The van der Waals surface area contributed by atoms with Crippen molar-refractivity contribution in [1.82, 2.24) is 4.90 Å². The highest BCUT2D eigenvalue weighted by molar-refractivity contribution is 5.54. The first-order valence-corrected chi connectivity index (χ1v) is 6.75. The van der Waals surface area contributed by atoms with Crippen LogP contribution in [-0.2, 0) is 6.54 Å². The van der Waals surface area contributed by atoms with Crippen LogP contribution in [0.3, 0.4) is 0 Å². The molecule has 0 fully saturated rings. The molecular weight excluding hydrogens is 224 g/mol. The molecule has 0 aliphatic rings. The van der Waals surface area contributed by atoms with E-state index in [9.17, 15) is 0 Å². The summed E-state index contributed by atoms with van der Waals surface area (Å²) in [5.41, 5.74) is 7.90. The fourth-order valence-electron chi connectivity index (χ4n) is 2.02. The maximum Gasteiger partial charge on any atom is 0.141 e. The van der Waals surface area contributed by atoms with Crippen LogP contribution in [0, 0.1) is 5.92 Å². The predicted octanol–water partition coefficient (Wildman–Crippen LogP) is 3.15. The Morgan fingerprint density at radius 1 is 1.33 bits per heavy atom. The van der Waals surface area contributed by atoms with Crippen molar-refractivity contribution in [2.75, 3.05) is 25.9 Å². The Balaban J connectivity index is 2.67. The van der Waals surface area contributed by atoms with Crippen molar-refractivity contribution in [2.24, 2.45) is 5.92 Å². The minimum Gasteiger partial charge on any atom is -0.495 e. The van der Waals surface area contributed by atoms with Crippen LogP contribution in [0.1, 0.15) is 32.8 Å².